The number of aromatic nitrogens is 3. The van der Waals surface area contributed by atoms with Crippen molar-refractivity contribution in [3.05, 3.63) is 35.3 Å². The molecule has 25 heavy (non-hydrogen) atoms. The van der Waals surface area contributed by atoms with Crippen LogP contribution in [0, 0.1) is 0 Å². The zero-order valence-electron chi connectivity index (χ0n) is 13.7. The number of anilines is 1. The lowest BCUT2D eigenvalue weighted by atomic mass is 10.3. The summed E-state index contributed by atoms with van der Waals surface area (Å²) in [6.07, 6.45) is 3.40. The molecule has 3 aromatic heterocycles. The van der Waals surface area contributed by atoms with Crippen LogP contribution in [0.4, 0.5) is 5.82 Å². The molecule has 1 aliphatic rings. The topological polar surface area (TPSA) is 72.4 Å². The zero-order valence-corrected chi connectivity index (χ0v) is 14.5. The van der Waals surface area contributed by atoms with Crippen LogP contribution in [0.2, 0.25) is 0 Å². The summed E-state index contributed by atoms with van der Waals surface area (Å²) in [5, 5.41) is 7.36. The number of thiophene rings is 1. The fourth-order valence-corrected chi connectivity index (χ4v) is 3.35. The first kappa shape index (κ1) is 16.0. The van der Waals surface area contributed by atoms with Gasteiger partial charge in [-0.25, -0.2) is 9.97 Å². The van der Waals surface area contributed by atoms with Crippen LogP contribution in [-0.2, 0) is 0 Å². The van der Waals surface area contributed by atoms with Crippen LogP contribution < -0.4 is 19.7 Å². The molecular formula is C17H19N5O2S. The third kappa shape index (κ3) is 3.80. The molecule has 3 aromatic rings. The molecule has 0 aromatic carbocycles. The van der Waals surface area contributed by atoms with E-state index in [-0.39, 0.29) is 0 Å². The third-order valence-electron chi connectivity index (χ3n) is 3.90. The Kier molecular flexibility index (Phi) is 4.89. The van der Waals surface area contributed by atoms with Crippen LogP contribution >= 0.6 is 11.3 Å². The fraction of sp³-hybridized carbons (Fsp3) is 0.353. The molecule has 1 aliphatic heterocycles. The van der Waals surface area contributed by atoms with Crippen molar-refractivity contribution in [3.8, 4) is 11.6 Å². The Labute approximate surface area is 149 Å². The average molecular weight is 357 g/mol. The zero-order chi connectivity index (χ0) is 16.9. The van der Waals surface area contributed by atoms with Crippen LogP contribution in [0.5, 0.6) is 11.6 Å². The van der Waals surface area contributed by atoms with Crippen molar-refractivity contribution in [1.82, 2.24) is 20.3 Å². The van der Waals surface area contributed by atoms with Crippen molar-refractivity contribution in [3.63, 3.8) is 0 Å². The molecule has 0 unspecified atom stereocenters. The minimum absolute atomic E-state index is 0.401. The first-order valence-electron chi connectivity index (χ1n) is 8.25. The van der Waals surface area contributed by atoms with Gasteiger partial charge in [-0.15, -0.1) is 11.3 Å². The van der Waals surface area contributed by atoms with E-state index in [2.05, 4.69) is 20.2 Å². The van der Waals surface area contributed by atoms with E-state index in [0.29, 0.717) is 19.1 Å². The van der Waals surface area contributed by atoms with Crippen molar-refractivity contribution in [2.75, 3.05) is 44.3 Å². The summed E-state index contributed by atoms with van der Waals surface area (Å²) >= 11 is 1.60. The van der Waals surface area contributed by atoms with Crippen LogP contribution in [-0.4, -0.2) is 54.3 Å². The van der Waals surface area contributed by atoms with E-state index in [9.17, 15) is 0 Å². The lowest BCUT2D eigenvalue weighted by Gasteiger charge is -2.29. The van der Waals surface area contributed by atoms with Gasteiger partial charge in [0, 0.05) is 43.1 Å². The van der Waals surface area contributed by atoms with Crippen LogP contribution in [0.15, 0.2) is 35.3 Å². The number of nitrogens with one attached hydrogen (secondary N) is 1. The van der Waals surface area contributed by atoms with Crippen molar-refractivity contribution in [1.29, 1.82) is 0 Å². The highest BCUT2D eigenvalue weighted by atomic mass is 32.1. The summed E-state index contributed by atoms with van der Waals surface area (Å²) in [7, 11) is 0. The van der Waals surface area contributed by atoms with E-state index in [1.165, 1.54) is 0 Å². The Morgan fingerprint density at radius 1 is 1.08 bits per heavy atom. The molecule has 0 spiro atoms. The van der Waals surface area contributed by atoms with E-state index in [0.717, 1.165) is 48.8 Å². The van der Waals surface area contributed by atoms with E-state index < -0.39 is 0 Å². The Balaban J connectivity index is 1.47. The van der Waals surface area contributed by atoms with E-state index in [1.807, 2.05) is 22.9 Å². The van der Waals surface area contributed by atoms with Crippen LogP contribution in [0.1, 0.15) is 0 Å². The van der Waals surface area contributed by atoms with Gasteiger partial charge < -0.3 is 19.7 Å². The second kappa shape index (κ2) is 7.62. The van der Waals surface area contributed by atoms with Crippen molar-refractivity contribution in [2.24, 2.45) is 0 Å². The largest absolute Gasteiger partial charge is 0.488 e. The molecule has 7 nitrogen and oxygen atoms in total. The molecule has 130 valence electrons. The van der Waals surface area contributed by atoms with Gasteiger partial charge in [0.2, 0.25) is 0 Å². The maximum absolute atomic E-state index is 5.91. The first-order chi connectivity index (χ1) is 12.4. The molecule has 0 aliphatic carbocycles. The monoisotopic (exact) mass is 357 g/mol. The molecule has 0 radical (unpaired) electrons. The van der Waals surface area contributed by atoms with Gasteiger partial charge in [-0.1, -0.05) is 0 Å². The lowest BCUT2D eigenvalue weighted by Crippen LogP contribution is -2.44. The average Bonchev–Trinajstić information content (AvgIpc) is 3.13. The number of piperazine rings is 1. The molecule has 4 heterocycles. The van der Waals surface area contributed by atoms with Crippen LogP contribution in [0.25, 0.3) is 11.0 Å². The standard InChI is InChI=1S/C17H19N5O2S/c1-2-13(10-19-3-1)23-8-9-24-17-16(22-6-4-18-5-7-22)20-14-11-25-12-15(14)21-17/h1-3,10-12,18H,4-9H2. The number of ether oxygens (including phenoxy) is 2. The molecule has 1 N–H and O–H groups in total. The van der Waals surface area contributed by atoms with Gasteiger partial charge in [0.15, 0.2) is 5.82 Å². The number of hydrogen-bond acceptors (Lipinski definition) is 8. The Bertz CT molecular complexity index is 820. The molecule has 0 atom stereocenters. The normalized spacial score (nSPS) is 14.6. The highest BCUT2D eigenvalue weighted by molar-refractivity contribution is 7.09. The summed E-state index contributed by atoms with van der Waals surface area (Å²) in [6.45, 7) is 4.49. The summed E-state index contributed by atoms with van der Waals surface area (Å²) in [5.74, 6) is 2.11. The highest BCUT2D eigenvalue weighted by Gasteiger charge is 2.19. The summed E-state index contributed by atoms with van der Waals surface area (Å²) in [5.41, 5.74) is 1.78. The van der Waals surface area contributed by atoms with Crippen molar-refractivity contribution >= 4 is 28.2 Å². The smallest absolute Gasteiger partial charge is 0.258 e. The van der Waals surface area contributed by atoms with Crippen LogP contribution in [0.3, 0.4) is 0 Å². The third-order valence-corrected chi connectivity index (χ3v) is 4.62. The van der Waals surface area contributed by atoms with Gasteiger partial charge >= 0.3 is 0 Å². The van der Waals surface area contributed by atoms with E-state index in [4.69, 9.17) is 14.5 Å². The molecule has 8 heteroatoms. The minimum Gasteiger partial charge on any atom is -0.488 e. The SMILES string of the molecule is c1cncc(OCCOc2nc3cscc3nc2N2CCNCC2)c1. The van der Waals surface area contributed by atoms with Gasteiger partial charge in [0.1, 0.15) is 30.0 Å². The number of hydrogen-bond donors (Lipinski definition) is 1. The fourth-order valence-electron chi connectivity index (χ4n) is 2.68. The van der Waals surface area contributed by atoms with E-state index >= 15 is 0 Å². The second-order valence-electron chi connectivity index (χ2n) is 5.62. The molecule has 0 amide bonds. The summed E-state index contributed by atoms with van der Waals surface area (Å²) in [4.78, 5) is 15.7. The Hall–Kier alpha value is -2.45. The quantitative estimate of drug-likeness (QED) is 0.676. The van der Waals surface area contributed by atoms with Crippen molar-refractivity contribution < 1.29 is 9.47 Å². The number of rotatable bonds is 6. The molecule has 1 fully saturated rings. The van der Waals surface area contributed by atoms with Gasteiger partial charge in [0.25, 0.3) is 5.88 Å². The maximum atomic E-state index is 5.91. The molecular weight excluding hydrogens is 338 g/mol. The summed E-state index contributed by atoms with van der Waals surface area (Å²) < 4.78 is 11.5. The second-order valence-corrected chi connectivity index (χ2v) is 6.36. The molecule has 4 rings (SSSR count). The van der Waals surface area contributed by atoms with Gasteiger partial charge in [-0.2, -0.15) is 0 Å². The minimum atomic E-state index is 0.401. The first-order valence-corrected chi connectivity index (χ1v) is 9.20. The maximum Gasteiger partial charge on any atom is 0.258 e. The lowest BCUT2D eigenvalue weighted by molar-refractivity contribution is 0.211. The Morgan fingerprint density at radius 2 is 1.88 bits per heavy atom. The van der Waals surface area contributed by atoms with E-state index in [1.54, 1.807) is 23.7 Å². The van der Waals surface area contributed by atoms with Gasteiger partial charge in [-0.3, -0.25) is 4.98 Å². The van der Waals surface area contributed by atoms with Gasteiger partial charge in [-0.05, 0) is 12.1 Å². The molecule has 1 saturated heterocycles. The highest BCUT2D eigenvalue weighted by Crippen LogP contribution is 2.28. The number of pyridine rings is 1. The molecule has 0 saturated carbocycles. The molecule has 0 bridgehead atoms. The summed E-state index contributed by atoms with van der Waals surface area (Å²) in [6, 6.07) is 3.71. The predicted molar refractivity (Wildman–Crippen MR) is 97.7 cm³/mol. The number of nitrogens with zero attached hydrogens (tertiary/aromatic N) is 4. The number of fused-ring (bicyclic) bond motifs is 1. The Morgan fingerprint density at radius 3 is 2.68 bits per heavy atom. The van der Waals surface area contributed by atoms with Crippen molar-refractivity contribution in [2.45, 2.75) is 0 Å². The predicted octanol–water partition coefficient (Wildman–Crippen LogP) is 1.95. The van der Waals surface area contributed by atoms with Gasteiger partial charge in [0.05, 0.1) is 6.20 Å².